The number of carbonyl (C=O) groups is 1. The minimum Gasteiger partial charge on any atom is -0.497 e. The number of carbonyl (C=O) groups excluding carboxylic acids is 1. The van der Waals surface area contributed by atoms with Crippen LogP contribution in [0.25, 0.3) is 11.0 Å². The van der Waals surface area contributed by atoms with Gasteiger partial charge in [-0.1, -0.05) is 38.1 Å². The molecule has 4 rings (SSSR count). The van der Waals surface area contributed by atoms with Crippen LogP contribution in [0.4, 0.5) is 5.82 Å². The average Bonchev–Trinajstić information content (AvgIpc) is 2.82. The van der Waals surface area contributed by atoms with Crippen molar-refractivity contribution in [3.63, 3.8) is 0 Å². The van der Waals surface area contributed by atoms with Gasteiger partial charge in [-0.25, -0.2) is 9.97 Å². The van der Waals surface area contributed by atoms with Crippen molar-refractivity contribution < 1.29 is 9.53 Å². The summed E-state index contributed by atoms with van der Waals surface area (Å²) in [5.41, 5.74) is 2.78. The van der Waals surface area contributed by atoms with Gasteiger partial charge >= 0.3 is 0 Å². The number of amides is 1. The molecule has 3 aromatic rings. The number of nitriles is 1. The van der Waals surface area contributed by atoms with E-state index in [0.717, 1.165) is 36.3 Å². The minimum atomic E-state index is -1.05. The Bertz CT molecular complexity index is 1160. The molecule has 7 nitrogen and oxygen atoms in total. The maximum atomic E-state index is 13.1. The number of hydrogen-bond donors (Lipinski definition) is 1. The first kappa shape index (κ1) is 22.5. The fraction of sp³-hybridized carbons (Fsp3) is 0.385. The molecule has 2 heterocycles. The van der Waals surface area contributed by atoms with Crippen molar-refractivity contribution in [2.45, 2.75) is 32.7 Å². The Morgan fingerprint density at radius 1 is 1.12 bits per heavy atom. The van der Waals surface area contributed by atoms with Gasteiger partial charge in [-0.15, -0.1) is 0 Å². The van der Waals surface area contributed by atoms with Crippen LogP contribution in [0.3, 0.4) is 0 Å². The zero-order valence-corrected chi connectivity index (χ0v) is 19.3. The highest BCUT2D eigenvalue weighted by Gasteiger charge is 2.31. The van der Waals surface area contributed by atoms with E-state index in [2.05, 4.69) is 30.1 Å². The van der Waals surface area contributed by atoms with Crippen LogP contribution in [0.1, 0.15) is 37.4 Å². The average molecular weight is 444 g/mol. The van der Waals surface area contributed by atoms with Crippen molar-refractivity contribution in [1.82, 2.24) is 15.3 Å². The summed E-state index contributed by atoms with van der Waals surface area (Å²) in [4.78, 5) is 25.0. The third-order valence-corrected chi connectivity index (χ3v) is 6.04. The van der Waals surface area contributed by atoms with Crippen LogP contribution in [0.2, 0.25) is 0 Å². The second kappa shape index (κ2) is 9.86. The molecule has 3 atom stereocenters. The Kier molecular flexibility index (Phi) is 6.74. The normalized spacial score (nSPS) is 19.0. The van der Waals surface area contributed by atoms with Gasteiger partial charge in [-0.05, 0) is 48.1 Å². The van der Waals surface area contributed by atoms with Crippen molar-refractivity contribution in [2.24, 2.45) is 11.8 Å². The Hall–Kier alpha value is -3.66. The summed E-state index contributed by atoms with van der Waals surface area (Å²) >= 11 is 0. The fourth-order valence-corrected chi connectivity index (χ4v) is 4.55. The standard InChI is InChI=1S/C26H29N5O2/c1-17-12-18(2)16-31(15-17)25-24(29-22-6-4-5-7-23(22)30-25)21(13-27)26(32)28-14-19-8-10-20(33-3)11-9-19/h4-11,17-18,21H,12,14-16H2,1-3H3,(H,28,32)/t17-,18+,21-/m1/s1. The summed E-state index contributed by atoms with van der Waals surface area (Å²) < 4.78 is 5.18. The van der Waals surface area contributed by atoms with E-state index < -0.39 is 5.92 Å². The van der Waals surface area contributed by atoms with Crippen LogP contribution in [-0.2, 0) is 11.3 Å². The number of nitrogens with one attached hydrogen (secondary N) is 1. The molecule has 170 valence electrons. The lowest BCUT2D eigenvalue weighted by molar-refractivity contribution is -0.121. The number of anilines is 1. The molecule has 0 bridgehead atoms. The van der Waals surface area contributed by atoms with Gasteiger partial charge in [-0.3, -0.25) is 4.79 Å². The number of piperidine rings is 1. The summed E-state index contributed by atoms with van der Waals surface area (Å²) in [6, 6.07) is 17.2. The fourth-order valence-electron chi connectivity index (χ4n) is 4.55. The quantitative estimate of drug-likeness (QED) is 0.618. The molecule has 1 aromatic heterocycles. The van der Waals surface area contributed by atoms with Gasteiger partial charge in [0.15, 0.2) is 11.7 Å². The molecule has 0 aliphatic carbocycles. The molecule has 2 aromatic carbocycles. The Morgan fingerprint density at radius 3 is 2.36 bits per heavy atom. The molecule has 0 radical (unpaired) electrons. The van der Waals surface area contributed by atoms with Gasteiger partial charge in [0.05, 0.1) is 24.2 Å². The van der Waals surface area contributed by atoms with Crippen LogP contribution in [-0.4, -0.2) is 36.1 Å². The highest BCUT2D eigenvalue weighted by Crippen LogP contribution is 2.32. The lowest BCUT2D eigenvalue weighted by atomic mass is 9.91. The number of aromatic nitrogens is 2. The van der Waals surface area contributed by atoms with E-state index in [4.69, 9.17) is 14.7 Å². The monoisotopic (exact) mass is 443 g/mol. The molecular formula is C26H29N5O2. The van der Waals surface area contributed by atoms with E-state index in [9.17, 15) is 10.1 Å². The van der Waals surface area contributed by atoms with Crippen LogP contribution in [0.5, 0.6) is 5.75 Å². The van der Waals surface area contributed by atoms with E-state index in [1.807, 2.05) is 48.5 Å². The molecule has 0 unspecified atom stereocenters. The number of rotatable bonds is 6. The zero-order valence-electron chi connectivity index (χ0n) is 19.3. The largest absolute Gasteiger partial charge is 0.497 e. The molecular weight excluding hydrogens is 414 g/mol. The third kappa shape index (κ3) is 5.06. The SMILES string of the molecule is COc1ccc(CNC(=O)[C@H](C#N)c2nc3ccccc3nc2N2C[C@H](C)C[C@H](C)C2)cc1. The van der Waals surface area contributed by atoms with Gasteiger partial charge in [0.25, 0.3) is 0 Å². The lowest BCUT2D eigenvalue weighted by Gasteiger charge is -2.36. The number of benzene rings is 2. The Labute approximate surface area is 194 Å². The number of hydrogen-bond acceptors (Lipinski definition) is 6. The van der Waals surface area contributed by atoms with Crippen molar-refractivity contribution in [1.29, 1.82) is 5.26 Å². The van der Waals surface area contributed by atoms with E-state index in [1.54, 1.807) is 7.11 Å². The van der Waals surface area contributed by atoms with Crippen molar-refractivity contribution >= 4 is 22.8 Å². The van der Waals surface area contributed by atoms with Crippen molar-refractivity contribution in [2.75, 3.05) is 25.1 Å². The summed E-state index contributed by atoms with van der Waals surface area (Å²) in [6.45, 7) is 6.42. The molecule has 7 heteroatoms. The third-order valence-electron chi connectivity index (χ3n) is 6.04. The molecule has 1 saturated heterocycles. The van der Waals surface area contributed by atoms with Gasteiger partial charge in [-0.2, -0.15) is 5.26 Å². The minimum absolute atomic E-state index is 0.315. The summed E-state index contributed by atoms with van der Waals surface area (Å²) in [5, 5.41) is 12.9. The Balaban J connectivity index is 1.64. The number of fused-ring (bicyclic) bond motifs is 1. The molecule has 33 heavy (non-hydrogen) atoms. The van der Waals surface area contributed by atoms with Crippen LogP contribution in [0, 0.1) is 23.2 Å². The predicted molar refractivity (Wildman–Crippen MR) is 128 cm³/mol. The predicted octanol–water partition coefficient (Wildman–Crippen LogP) is 4.04. The van der Waals surface area contributed by atoms with Gasteiger partial charge < -0.3 is 15.0 Å². The highest BCUT2D eigenvalue weighted by atomic mass is 16.5. The maximum Gasteiger partial charge on any atom is 0.243 e. The maximum absolute atomic E-state index is 13.1. The number of nitrogens with zero attached hydrogens (tertiary/aromatic N) is 4. The first-order valence-electron chi connectivity index (χ1n) is 11.3. The molecule has 0 saturated carbocycles. The van der Waals surface area contributed by atoms with Crippen LogP contribution < -0.4 is 15.0 Å². The second-order valence-electron chi connectivity index (χ2n) is 8.90. The second-order valence-corrected chi connectivity index (χ2v) is 8.90. The molecule has 0 spiro atoms. The van der Waals surface area contributed by atoms with E-state index in [0.29, 0.717) is 35.4 Å². The van der Waals surface area contributed by atoms with Gasteiger partial charge in [0.2, 0.25) is 5.91 Å². The van der Waals surface area contributed by atoms with Crippen LogP contribution in [0.15, 0.2) is 48.5 Å². The lowest BCUT2D eigenvalue weighted by Crippen LogP contribution is -2.40. The highest BCUT2D eigenvalue weighted by molar-refractivity contribution is 5.88. The summed E-state index contributed by atoms with van der Waals surface area (Å²) in [6.07, 6.45) is 1.15. The van der Waals surface area contributed by atoms with Crippen molar-refractivity contribution in [3.8, 4) is 11.8 Å². The molecule has 1 N–H and O–H groups in total. The molecule has 1 aliphatic rings. The van der Waals surface area contributed by atoms with Gasteiger partial charge in [0, 0.05) is 19.6 Å². The van der Waals surface area contributed by atoms with E-state index in [1.165, 1.54) is 0 Å². The van der Waals surface area contributed by atoms with Gasteiger partial charge in [0.1, 0.15) is 11.4 Å². The number of ether oxygens (including phenoxy) is 1. The first-order valence-corrected chi connectivity index (χ1v) is 11.3. The van der Waals surface area contributed by atoms with E-state index in [-0.39, 0.29) is 5.91 Å². The summed E-state index contributed by atoms with van der Waals surface area (Å²) in [5.74, 6) is 0.957. The molecule has 1 fully saturated rings. The van der Waals surface area contributed by atoms with Crippen LogP contribution >= 0.6 is 0 Å². The van der Waals surface area contributed by atoms with Crippen molar-refractivity contribution in [3.05, 3.63) is 59.8 Å². The van der Waals surface area contributed by atoms with E-state index >= 15 is 0 Å². The Morgan fingerprint density at radius 2 is 1.76 bits per heavy atom. The number of methoxy groups -OCH3 is 1. The molecule has 1 aliphatic heterocycles. The number of para-hydroxylation sites is 2. The molecule has 1 amide bonds. The smallest absolute Gasteiger partial charge is 0.243 e. The zero-order chi connectivity index (χ0) is 23.4. The topological polar surface area (TPSA) is 91.1 Å². The summed E-state index contributed by atoms with van der Waals surface area (Å²) in [7, 11) is 1.61. The first-order chi connectivity index (χ1) is 16.0.